The molecule has 0 spiro atoms. The molecule has 0 radical (unpaired) electrons. The summed E-state index contributed by atoms with van der Waals surface area (Å²) in [5, 5.41) is 9.45. The molecule has 144 valence electrons. The summed E-state index contributed by atoms with van der Waals surface area (Å²) in [6.07, 6.45) is 1.66. The van der Waals surface area contributed by atoms with Crippen molar-refractivity contribution < 1.29 is 23.1 Å². The minimum absolute atomic E-state index is 0.0919. The second kappa shape index (κ2) is 7.70. The first kappa shape index (κ1) is 19.4. The summed E-state index contributed by atoms with van der Waals surface area (Å²) < 4.78 is 33.5. The number of sulfonamides is 1. The molecule has 0 aliphatic heterocycles. The zero-order valence-electron chi connectivity index (χ0n) is 15.1. The highest BCUT2D eigenvalue weighted by atomic mass is 32.2. The Bertz CT molecular complexity index is 896. The summed E-state index contributed by atoms with van der Waals surface area (Å²) in [4.78, 5) is 11.6. The van der Waals surface area contributed by atoms with Crippen LogP contribution in [-0.4, -0.2) is 25.5 Å². The third kappa shape index (κ3) is 4.31. The number of carboxylic acids is 1. The van der Waals surface area contributed by atoms with E-state index in [0.29, 0.717) is 31.6 Å². The quantitative estimate of drug-likeness (QED) is 0.759. The lowest BCUT2D eigenvalue weighted by Crippen LogP contribution is -2.46. The Morgan fingerprint density at radius 1 is 1.19 bits per heavy atom. The van der Waals surface area contributed by atoms with Crippen molar-refractivity contribution in [2.45, 2.75) is 43.7 Å². The van der Waals surface area contributed by atoms with Crippen molar-refractivity contribution in [3.8, 4) is 5.75 Å². The number of hydrogen-bond donors (Lipinski definition) is 2. The second-order valence-corrected chi connectivity index (χ2v) is 8.75. The van der Waals surface area contributed by atoms with Crippen molar-refractivity contribution in [2.24, 2.45) is 5.41 Å². The zero-order chi connectivity index (χ0) is 19.5. The fourth-order valence-electron chi connectivity index (χ4n) is 3.32. The number of carbonyl (C=O) groups is 1. The number of benzene rings is 2. The molecule has 1 saturated carbocycles. The van der Waals surface area contributed by atoms with E-state index < -0.39 is 27.4 Å². The number of nitrogens with one attached hydrogen (secondary N) is 1. The topological polar surface area (TPSA) is 92.7 Å². The maximum absolute atomic E-state index is 12.6. The molecule has 2 aromatic rings. The van der Waals surface area contributed by atoms with Crippen molar-refractivity contribution in [1.29, 1.82) is 0 Å². The fraction of sp³-hybridized carbons (Fsp3) is 0.350. The molecule has 0 heterocycles. The van der Waals surface area contributed by atoms with Crippen LogP contribution in [0.3, 0.4) is 0 Å². The molecule has 2 atom stereocenters. The van der Waals surface area contributed by atoms with Crippen LogP contribution in [-0.2, 0) is 21.4 Å². The van der Waals surface area contributed by atoms with Gasteiger partial charge in [0.25, 0.3) is 0 Å². The van der Waals surface area contributed by atoms with E-state index in [1.54, 1.807) is 19.1 Å². The van der Waals surface area contributed by atoms with Gasteiger partial charge in [0.1, 0.15) is 12.4 Å². The van der Waals surface area contributed by atoms with Gasteiger partial charge in [0.05, 0.1) is 10.3 Å². The first-order valence-corrected chi connectivity index (χ1v) is 10.3. The van der Waals surface area contributed by atoms with Gasteiger partial charge in [-0.1, -0.05) is 36.8 Å². The van der Waals surface area contributed by atoms with Gasteiger partial charge in [-0.3, -0.25) is 4.79 Å². The molecule has 0 aromatic heterocycles. The van der Waals surface area contributed by atoms with Gasteiger partial charge in [0.15, 0.2) is 0 Å². The highest BCUT2D eigenvalue weighted by molar-refractivity contribution is 7.89. The summed E-state index contributed by atoms with van der Waals surface area (Å²) in [6.45, 7) is 1.99. The van der Waals surface area contributed by atoms with Crippen molar-refractivity contribution in [3.63, 3.8) is 0 Å². The van der Waals surface area contributed by atoms with Gasteiger partial charge in [-0.05, 0) is 49.6 Å². The summed E-state index contributed by atoms with van der Waals surface area (Å²) >= 11 is 0. The van der Waals surface area contributed by atoms with Crippen LogP contribution >= 0.6 is 0 Å². The van der Waals surface area contributed by atoms with E-state index in [2.05, 4.69) is 4.72 Å². The molecule has 27 heavy (non-hydrogen) atoms. The Morgan fingerprint density at radius 2 is 1.85 bits per heavy atom. The molecule has 6 nitrogen and oxygen atoms in total. The molecular weight excluding hydrogens is 366 g/mol. The molecule has 0 unspecified atom stereocenters. The predicted octanol–water partition coefficient (Wildman–Crippen LogP) is 3.19. The molecule has 7 heteroatoms. The average Bonchev–Trinajstić information content (AvgIpc) is 3.02. The third-order valence-corrected chi connectivity index (χ3v) is 6.61. The number of ether oxygens (including phenoxy) is 1. The highest BCUT2D eigenvalue weighted by Gasteiger charge is 2.46. The van der Waals surface area contributed by atoms with Crippen LogP contribution in [0.1, 0.15) is 31.7 Å². The van der Waals surface area contributed by atoms with E-state index >= 15 is 0 Å². The largest absolute Gasteiger partial charge is 0.489 e. The Kier molecular flexibility index (Phi) is 5.53. The molecule has 1 aliphatic rings. The smallest absolute Gasteiger partial charge is 0.310 e. The third-order valence-electron chi connectivity index (χ3n) is 5.13. The Morgan fingerprint density at radius 3 is 2.48 bits per heavy atom. The molecule has 0 bridgehead atoms. The van der Waals surface area contributed by atoms with Crippen LogP contribution in [0.25, 0.3) is 0 Å². The fourth-order valence-corrected chi connectivity index (χ4v) is 4.71. The SMILES string of the molecule is C[C@]1(C(=O)O)CCC[C@H]1NS(=O)(=O)c1ccc(OCc2ccccc2)cc1. The van der Waals surface area contributed by atoms with E-state index in [1.165, 1.54) is 12.1 Å². The maximum Gasteiger partial charge on any atom is 0.310 e. The van der Waals surface area contributed by atoms with E-state index in [1.807, 2.05) is 30.3 Å². The number of carboxylic acid groups (broad SMARTS) is 1. The molecule has 3 rings (SSSR count). The highest BCUT2D eigenvalue weighted by Crippen LogP contribution is 2.39. The molecular formula is C20H23NO5S. The summed E-state index contributed by atoms with van der Waals surface area (Å²) in [6, 6.07) is 15.2. The minimum atomic E-state index is -3.80. The maximum atomic E-state index is 12.6. The Hall–Kier alpha value is -2.38. The molecule has 0 amide bonds. The summed E-state index contributed by atoms with van der Waals surface area (Å²) in [5.41, 5.74) is -0.0590. The van der Waals surface area contributed by atoms with E-state index in [-0.39, 0.29) is 4.90 Å². The van der Waals surface area contributed by atoms with Gasteiger partial charge < -0.3 is 9.84 Å². The van der Waals surface area contributed by atoms with Gasteiger partial charge in [-0.25, -0.2) is 13.1 Å². The number of rotatable bonds is 7. The zero-order valence-corrected chi connectivity index (χ0v) is 15.9. The van der Waals surface area contributed by atoms with Gasteiger partial charge in [0, 0.05) is 6.04 Å². The van der Waals surface area contributed by atoms with E-state index in [4.69, 9.17) is 4.74 Å². The number of hydrogen-bond acceptors (Lipinski definition) is 4. The van der Waals surface area contributed by atoms with E-state index in [0.717, 1.165) is 5.56 Å². The van der Waals surface area contributed by atoms with Crippen LogP contribution in [0.4, 0.5) is 0 Å². The van der Waals surface area contributed by atoms with Crippen molar-refractivity contribution in [2.75, 3.05) is 0 Å². The van der Waals surface area contributed by atoms with Gasteiger partial charge in [0.2, 0.25) is 10.0 Å². The molecule has 1 fully saturated rings. The lowest BCUT2D eigenvalue weighted by molar-refractivity contribution is -0.148. The van der Waals surface area contributed by atoms with Gasteiger partial charge >= 0.3 is 5.97 Å². The van der Waals surface area contributed by atoms with Crippen molar-refractivity contribution in [1.82, 2.24) is 4.72 Å². The first-order chi connectivity index (χ1) is 12.8. The van der Waals surface area contributed by atoms with Crippen molar-refractivity contribution >= 4 is 16.0 Å². The van der Waals surface area contributed by atoms with Gasteiger partial charge in [-0.15, -0.1) is 0 Å². The lowest BCUT2D eigenvalue weighted by Gasteiger charge is -2.27. The van der Waals surface area contributed by atoms with Crippen LogP contribution in [0.5, 0.6) is 5.75 Å². The Balaban J connectivity index is 1.67. The number of aliphatic carboxylic acids is 1. The second-order valence-electron chi connectivity index (χ2n) is 7.03. The van der Waals surface area contributed by atoms with E-state index in [9.17, 15) is 18.3 Å². The molecule has 2 N–H and O–H groups in total. The minimum Gasteiger partial charge on any atom is -0.489 e. The summed E-state index contributed by atoms with van der Waals surface area (Å²) in [5.74, 6) is -0.411. The van der Waals surface area contributed by atoms with Crippen LogP contribution in [0, 0.1) is 5.41 Å². The van der Waals surface area contributed by atoms with Crippen molar-refractivity contribution in [3.05, 3.63) is 60.2 Å². The first-order valence-electron chi connectivity index (χ1n) is 8.84. The normalized spacial score (nSPS) is 22.5. The molecule has 2 aromatic carbocycles. The van der Waals surface area contributed by atoms with Crippen LogP contribution < -0.4 is 9.46 Å². The van der Waals surface area contributed by atoms with Crippen LogP contribution in [0.2, 0.25) is 0 Å². The average molecular weight is 389 g/mol. The lowest BCUT2D eigenvalue weighted by atomic mass is 9.85. The Labute approximate surface area is 159 Å². The molecule has 0 saturated heterocycles. The standard InChI is InChI=1S/C20H23NO5S/c1-20(19(22)23)13-5-8-18(20)21-27(24,25)17-11-9-16(10-12-17)26-14-15-6-3-2-4-7-15/h2-4,6-7,9-12,18,21H,5,8,13-14H2,1H3,(H,22,23)/t18-,20+/m1/s1. The monoisotopic (exact) mass is 389 g/mol. The predicted molar refractivity (Wildman–Crippen MR) is 101 cm³/mol. The van der Waals surface area contributed by atoms with Crippen LogP contribution in [0.15, 0.2) is 59.5 Å². The molecule has 1 aliphatic carbocycles. The van der Waals surface area contributed by atoms with Gasteiger partial charge in [-0.2, -0.15) is 0 Å². The summed E-state index contributed by atoms with van der Waals surface area (Å²) in [7, 11) is -3.80.